The van der Waals surface area contributed by atoms with Crippen LogP contribution in [0.1, 0.15) is 18.5 Å². The highest BCUT2D eigenvalue weighted by Crippen LogP contribution is 2.25. The van der Waals surface area contributed by atoms with Gasteiger partial charge in [0.25, 0.3) is 0 Å². The number of carbonyl (C=O) groups excluding carboxylic acids is 1. The summed E-state index contributed by atoms with van der Waals surface area (Å²) in [4.78, 5) is 20.5. The summed E-state index contributed by atoms with van der Waals surface area (Å²) in [5, 5.41) is 0. The second kappa shape index (κ2) is 4.57. The maximum atomic E-state index is 11.6. The Morgan fingerprint density at radius 3 is 3.11 bits per heavy atom. The Bertz CT molecular complexity index is 462. The molecule has 1 aromatic heterocycles. The zero-order valence-corrected chi connectivity index (χ0v) is 10.4. The SMILES string of the molecule is NCc1cccc(N2CCN3C(=O)CCC3C2)n1. The minimum absolute atomic E-state index is 0.309. The number of piperazine rings is 1. The Kier molecular flexibility index (Phi) is 2.91. The molecule has 0 bridgehead atoms. The molecule has 2 N–H and O–H groups in total. The van der Waals surface area contributed by atoms with Crippen molar-refractivity contribution in [1.29, 1.82) is 0 Å². The van der Waals surface area contributed by atoms with Crippen molar-refractivity contribution in [3.8, 4) is 0 Å². The number of amides is 1. The molecule has 2 aliphatic rings. The molecule has 3 rings (SSSR count). The average Bonchev–Trinajstić information content (AvgIpc) is 2.80. The van der Waals surface area contributed by atoms with Gasteiger partial charge in [-0.1, -0.05) is 6.07 Å². The number of nitrogens with two attached hydrogens (primary N) is 1. The lowest BCUT2D eigenvalue weighted by molar-refractivity contribution is -0.129. The zero-order valence-electron chi connectivity index (χ0n) is 10.4. The fourth-order valence-electron chi connectivity index (χ4n) is 2.83. The van der Waals surface area contributed by atoms with E-state index in [1.54, 1.807) is 0 Å². The lowest BCUT2D eigenvalue weighted by atomic mass is 10.1. The van der Waals surface area contributed by atoms with Gasteiger partial charge >= 0.3 is 0 Å². The van der Waals surface area contributed by atoms with Gasteiger partial charge in [-0.2, -0.15) is 0 Å². The van der Waals surface area contributed by atoms with Gasteiger partial charge in [-0.05, 0) is 18.6 Å². The number of rotatable bonds is 2. The van der Waals surface area contributed by atoms with E-state index in [4.69, 9.17) is 5.73 Å². The first-order valence-corrected chi connectivity index (χ1v) is 6.48. The lowest BCUT2D eigenvalue weighted by Crippen LogP contribution is -2.51. The Balaban J connectivity index is 1.76. The van der Waals surface area contributed by atoms with E-state index in [2.05, 4.69) is 9.88 Å². The molecule has 1 atom stereocenters. The maximum Gasteiger partial charge on any atom is 0.223 e. The highest BCUT2D eigenvalue weighted by Gasteiger charge is 2.35. The lowest BCUT2D eigenvalue weighted by Gasteiger charge is -2.38. The van der Waals surface area contributed by atoms with Crippen LogP contribution >= 0.6 is 0 Å². The highest BCUT2D eigenvalue weighted by molar-refractivity contribution is 5.79. The fourth-order valence-corrected chi connectivity index (χ4v) is 2.83. The molecule has 96 valence electrons. The molecule has 0 aliphatic carbocycles. The largest absolute Gasteiger partial charge is 0.353 e. The summed E-state index contributed by atoms with van der Waals surface area (Å²) in [6.07, 6.45) is 1.68. The van der Waals surface area contributed by atoms with Crippen LogP contribution in [0.5, 0.6) is 0 Å². The Morgan fingerprint density at radius 1 is 1.39 bits per heavy atom. The van der Waals surface area contributed by atoms with Gasteiger partial charge in [-0.15, -0.1) is 0 Å². The predicted molar refractivity (Wildman–Crippen MR) is 69.1 cm³/mol. The van der Waals surface area contributed by atoms with Gasteiger partial charge in [0.15, 0.2) is 0 Å². The van der Waals surface area contributed by atoms with E-state index in [0.717, 1.165) is 37.6 Å². The summed E-state index contributed by atoms with van der Waals surface area (Å²) in [5.41, 5.74) is 6.53. The van der Waals surface area contributed by atoms with Crippen molar-refractivity contribution in [2.45, 2.75) is 25.4 Å². The monoisotopic (exact) mass is 246 g/mol. The standard InChI is InChI=1S/C13H18N4O/c14-8-10-2-1-3-12(15-10)16-6-7-17-11(9-16)4-5-13(17)18/h1-3,11H,4-9,14H2. The number of pyridine rings is 1. The summed E-state index contributed by atoms with van der Waals surface area (Å²) in [6, 6.07) is 6.33. The van der Waals surface area contributed by atoms with E-state index in [-0.39, 0.29) is 0 Å². The molecule has 0 radical (unpaired) electrons. The molecule has 18 heavy (non-hydrogen) atoms. The molecule has 0 aromatic carbocycles. The molecule has 3 heterocycles. The number of hydrogen-bond donors (Lipinski definition) is 1. The van der Waals surface area contributed by atoms with Crippen LogP contribution in [0.15, 0.2) is 18.2 Å². The Hall–Kier alpha value is -1.62. The van der Waals surface area contributed by atoms with Crippen LogP contribution < -0.4 is 10.6 Å². The highest BCUT2D eigenvalue weighted by atomic mass is 16.2. The fraction of sp³-hybridized carbons (Fsp3) is 0.538. The zero-order chi connectivity index (χ0) is 12.5. The van der Waals surface area contributed by atoms with E-state index in [9.17, 15) is 4.79 Å². The van der Waals surface area contributed by atoms with Crippen LogP contribution in [0.25, 0.3) is 0 Å². The Labute approximate surface area is 107 Å². The minimum Gasteiger partial charge on any atom is -0.353 e. The van der Waals surface area contributed by atoms with Crippen LogP contribution in [0.3, 0.4) is 0 Å². The molecular weight excluding hydrogens is 228 g/mol. The molecule has 0 spiro atoms. The topological polar surface area (TPSA) is 62.5 Å². The molecule has 5 heteroatoms. The minimum atomic E-state index is 0.309. The van der Waals surface area contributed by atoms with E-state index in [1.807, 2.05) is 23.1 Å². The first-order valence-electron chi connectivity index (χ1n) is 6.48. The molecule has 2 saturated heterocycles. The van der Waals surface area contributed by atoms with Crippen molar-refractivity contribution in [1.82, 2.24) is 9.88 Å². The maximum absolute atomic E-state index is 11.6. The van der Waals surface area contributed by atoms with Crippen molar-refractivity contribution >= 4 is 11.7 Å². The second-order valence-corrected chi connectivity index (χ2v) is 4.92. The molecule has 2 aliphatic heterocycles. The predicted octanol–water partition coefficient (Wildman–Crippen LogP) is 0.351. The van der Waals surface area contributed by atoms with Crippen LogP contribution in [0, 0.1) is 0 Å². The van der Waals surface area contributed by atoms with Gasteiger partial charge < -0.3 is 15.5 Å². The number of nitrogens with zero attached hydrogens (tertiary/aromatic N) is 3. The number of anilines is 1. The number of hydrogen-bond acceptors (Lipinski definition) is 4. The van der Waals surface area contributed by atoms with Crippen molar-refractivity contribution < 1.29 is 4.79 Å². The quantitative estimate of drug-likeness (QED) is 0.818. The Morgan fingerprint density at radius 2 is 2.28 bits per heavy atom. The average molecular weight is 246 g/mol. The summed E-state index contributed by atoms with van der Waals surface area (Å²) >= 11 is 0. The van der Waals surface area contributed by atoms with Gasteiger partial charge in [0.1, 0.15) is 5.82 Å². The van der Waals surface area contributed by atoms with E-state index < -0.39 is 0 Å². The molecule has 2 fully saturated rings. The second-order valence-electron chi connectivity index (χ2n) is 4.92. The van der Waals surface area contributed by atoms with Gasteiger partial charge in [0, 0.05) is 38.6 Å². The van der Waals surface area contributed by atoms with Crippen LogP contribution in [0.2, 0.25) is 0 Å². The molecule has 1 amide bonds. The van der Waals surface area contributed by atoms with Gasteiger partial charge in [0.2, 0.25) is 5.91 Å². The number of carbonyl (C=O) groups is 1. The van der Waals surface area contributed by atoms with E-state index in [0.29, 0.717) is 24.9 Å². The molecule has 1 aromatic rings. The number of fused-ring (bicyclic) bond motifs is 1. The van der Waals surface area contributed by atoms with Crippen molar-refractivity contribution in [3.63, 3.8) is 0 Å². The van der Waals surface area contributed by atoms with Crippen LogP contribution in [0.4, 0.5) is 5.82 Å². The molecule has 5 nitrogen and oxygen atoms in total. The summed E-state index contributed by atoms with van der Waals surface area (Å²) in [6.45, 7) is 3.05. The van der Waals surface area contributed by atoms with Crippen LogP contribution in [-0.4, -0.2) is 41.5 Å². The smallest absolute Gasteiger partial charge is 0.223 e. The first-order chi connectivity index (χ1) is 8.78. The van der Waals surface area contributed by atoms with Gasteiger partial charge in [-0.25, -0.2) is 4.98 Å². The van der Waals surface area contributed by atoms with E-state index >= 15 is 0 Å². The summed E-state index contributed by atoms with van der Waals surface area (Å²) in [7, 11) is 0. The third-order valence-electron chi connectivity index (χ3n) is 3.82. The summed E-state index contributed by atoms with van der Waals surface area (Å²) in [5.74, 6) is 1.29. The van der Waals surface area contributed by atoms with Crippen molar-refractivity contribution in [2.24, 2.45) is 5.73 Å². The van der Waals surface area contributed by atoms with Gasteiger partial charge in [0.05, 0.1) is 5.69 Å². The number of aromatic nitrogens is 1. The first kappa shape index (κ1) is 11.5. The van der Waals surface area contributed by atoms with Crippen molar-refractivity contribution in [2.75, 3.05) is 24.5 Å². The summed E-state index contributed by atoms with van der Waals surface area (Å²) < 4.78 is 0. The molecule has 0 saturated carbocycles. The van der Waals surface area contributed by atoms with E-state index in [1.165, 1.54) is 0 Å². The molecule has 1 unspecified atom stereocenters. The third-order valence-corrected chi connectivity index (χ3v) is 3.82. The van der Waals surface area contributed by atoms with Crippen LogP contribution in [-0.2, 0) is 11.3 Å². The normalized spacial score (nSPS) is 23.4. The van der Waals surface area contributed by atoms with Gasteiger partial charge in [-0.3, -0.25) is 4.79 Å². The molecular formula is C13H18N4O. The van der Waals surface area contributed by atoms with Crippen molar-refractivity contribution in [3.05, 3.63) is 23.9 Å². The third kappa shape index (κ3) is 1.95.